The number of hydrogen-bond acceptors (Lipinski definition) is 3. The Hall–Kier alpha value is -2.14. The summed E-state index contributed by atoms with van der Waals surface area (Å²) in [5.41, 5.74) is 4.21. The maximum Gasteiger partial charge on any atom is 0.220 e. The lowest BCUT2D eigenvalue weighted by molar-refractivity contribution is -0.122. The van der Waals surface area contributed by atoms with Crippen LogP contribution in [0.1, 0.15) is 43.1 Å². The highest BCUT2D eigenvalue weighted by atomic mass is 16.1. The van der Waals surface area contributed by atoms with Crippen molar-refractivity contribution in [2.75, 3.05) is 13.1 Å². The lowest BCUT2D eigenvalue weighted by atomic mass is 9.84. The molecule has 26 heavy (non-hydrogen) atoms. The van der Waals surface area contributed by atoms with E-state index in [2.05, 4.69) is 47.8 Å². The molecule has 1 unspecified atom stereocenters. The first kappa shape index (κ1) is 18.6. The van der Waals surface area contributed by atoms with Gasteiger partial charge in [-0.1, -0.05) is 25.1 Å². The van der Waals surface area contributed by atoms with Crippen LogP contribution in [-0.4, -0.2) is 28.8 Å². The summed E-state index contributed by atoms with van der Waals surface area (Å²) in [5, 5.41) is 11.1. The third-order valence-corrected chi connectivity index (χ3v) is 5.40. The maximum absolute atomic E-state index is 12.4. The van der Waals surface area contributed by atoms with Crippen molar-refractivity contribution in [3.63, 3.8) is 0 Å². The summed E-state index contributed by atoms with van der Waals surface area (Å²) in [6.07, 6.45) is 2.96. The molecule has 0 bridgehead atoms. The average molecular weight is 354 g/mol. The number of hydrogen-bond donors (Lipinski definition) is 2. The number of carbonyl (C=O) groups excluding carboxylic acids is 1. The molecule has 2 N–H and O–H groups in total. The van der Waals surface area contributed by atoms with Gasteiger partial charge >= 0.3 is 0 Å². The van der Waals surface area contributed by atoms with Gasteiger partial charge in [0.1, 0.15) is 0 Å². The summed E-state index contributed by atoms with van der Waals surface area (Å²) in [4.78, 5) is 12.4. The largest absolute Gasteiger partial charge is 0.352 e. The van der Waals surface area contributed by atoms with Crippen molar-refractivity contribution in [2.24, 2.45) is 11.8 Å². The SMILES string of the molecule is Cc1cc(C)n(-c2ccccc2CNC(=O)CC(C)C2CCNCC2)n1. The molecule has 0 saturated carbocycles. The predicted molar refractivity (Wildman–Crippen MR) is 104 cm³/mol. The van der Waals surface area contributed by atoms with Crippen LogP contribution in [-0.2, 0) is 11.3 Å². The van der Waals surface area contributed by atoms with Crippen LogP contribution in [0.4, 0.5) is 0 Å². The first-order valence-corrected chi connectivity index (χ1v) is 9.63. The van der Waals surface area contributed by atoms with Crippen molar-refractivity contribution in [1.29, 1.82) is 0 Å². The molecule has 1 aliphatic heterocycles. The zero-order valence-corrected chi connectivity index (χ0v) is 16.1. The minimum absolute atomic E-state index is 0.138. The predicted octanol–water partition coefficient (Wildman–Crippen LogP) is 3.13. The molecule has 1 atom stereocenters. The maximum atomic E-state index is 12.4. The Morgan fingerprint density at radius 1 is 1.31 bits per heavy atom. The molecule has 0 radical (unpaired) electrons. The summed E-state index contributed by atoms with van der Waals surface area (Å²) in [7, 11) is 0. The van der Waals surface area contributed by atoms with Crippen LogP contribution in [0.15, 0.2) is 30.3 Å². The normalized spacial score (nSPS) is 16.4. The quantitative estimate of drug-likeness (QED) is 0.838. The van der Waals surface area contributed by atoms with Gasteiger partial charge < -0.3 is 10.6 Å². The standard InChI is InChI=1S/C21H30N4O/c1-15(18-8-10-22-11-9-18)12-21(26)23-14-19-6-4-5-7-20(19)25-17(3)13-16(2)24-25/h4-7,13,15,18,22H,8-12,14H2,1-3H3,(H,23,26). The highest BCUT2D eigenvalue weighted by molar-refractivity contribution is 5.76. The van der Waals surface area contributed by atoms with Crippen molar-refractivity contribution < 1.29 is 4.79 Å². The molecular formula is C21H30N4O. The van der Waals surface area contributed by atoms with Crippen LogP contribution < -0.4 is 10.6 Å². The molecule has 0 spiro atoms. The number of para-hydroxylation sites is 1. The van der Waals surface area contributed by atoms with Crippen LogP contribution in [0, 0.1) is 25.7 Å². The number of piperidine rings is 1. The molecule has 140 valence electrons. The van der Waals surface area contributed by atoms with Crippen LogP contribution in [0.5, 0.6) is 0 Å². The molecule has 1 amide bonds. The Morgan fingerprint density at radius 2 is 2.04 bits per heavy atom. The molecule has 5 heteroatoms. The van der Waals surface area contributed by atoms with Gasteiger partial charge in [-0.15, -0.1) is 0 Å². The van der Waals surface area contributed by atoms with Gasteiger partial charge in [-0.05, 0) is 69.3 Å². The molecule has 1 aromatic carbocycles. The Balaban J connectivity index is 1.61. The number of aromatic nitrogens is 2. The number of rotatable bonds is 6. The van der Waals surface area contributed by atoms with Crippen molar-refractivity contribution in [2.45, 2.75) is 46.6 Å². The van der Waals surface area contributed by atoms with Crippen LogP contribution >= 0.6 is 0 Å². The van der Waals surface area contributed by atoms with E-state index in [1.165, 1.54) is 12.8 Å². The van der Waals surface area contributed by atoms with Crippen molar-refractivity contribution in [1.82, 2.24) is 20.4 Å². The summed E-state index contributed by atoms with van der Waals surface area (Å²) in [6, 6.07) is 10.2. The smallest absolute Gasteiger partial charge is 0.220 e. The molecule has 0 aliphatic carbocycles. The first-order valence-electron chi connectivity index (χ1n) is 9.63. The minimum atomic E-state index is 0.138. The van der Waals surface area contributed by atoms with Gasteiger partial charge in [-0.2, -0.15) is 5.10 Å². The van der Waals surface area contributed by atoms with Gasteiger partial charge in [0.25, 0.3) is 0 Å². The topological polar surface area (TPSA) is 59.0 Å². The summed E-state index contributed by atoms with van der Waals surface area (Å²) in [6.45, 7) is 8.94. The Bertz CT molecular complexity index is 746. The third-order valence-electron chi connectivity index (χ3n) is 5.40. The molecule has 3 rings (SSSR count). The first-order chi connectivity index (χ1) is 12.5. The van der Waals surface area contributed by atoms with Crippen LogP contribution in [0.25, 0.3) is 5.69 Å². The number of benzene rings is 1. The molecular weight excluding hydrogens is 324 g/mol. The zero-order chi connectivity index (χ0) is 18.5. The Labute approximate surface area is 156 Å². The summed E-state index contributed by atoms with van der Waals surface area (Å²) in [5.74, 6) is 1.23. The second-order valence-electron chi connectivity index (χ2n) is 7.51. The fourth-order valence-corrected chi connectivity index (χ4v) is 3.88. The minimum Gasteiger partial charge on any atom is -0.352 e. The van der Waals surface area contributed by atoms with Crippen LogP contribution in [0.2, 0.25) is 0 Å². The van der Waals surface area contributed by atoms with Crippen molar-refractivity contribution >= 4 is 5.91 Å². The van der Waals surface area contributed by atoms with E-state index in [1.54, 1.807) is 0 Å². The molecule has 1 saturated heterocycles. The molecule has 1 aliphatic rings. The average Bonchev–Trinajstić information content (AvgIpc) is 2.99. The van der Waals surface area contributed by atoms with E-state index in [1.807, 2.05) is 23.7 Å². The second kappa shape index (κ2) is 8.49. The third kappa shape index (κ3) is 4.52. The van der Waals surface area contributed by atoms with E-state index in [0.29, 0.717) is 24.8 Å². The molecule has 2 heterocycles. The van der Waals surface area contributed by atoms with E-state index in [-0.39, 0.29) is 5.91 Å². The molecule has 5 nitrogen and oxygen atoms in total. The number of carbonyl (C=O) groups is 1. The van der Waals surface area contributed by atoms with E-state index in [9.17, 15) is 4.79 Å². The molecule has 1 fully saturated rings. The van der Waals surface area contributed by atoms with E-state index < -0.39 is 0 Å². The van der Waals surface area contributed by atoms with Gasteiger partial charge in [0, 0.05) is 18.7 Å². The van der Waals surface area contributed by atoms with Crippen LogP contribution in [0.3, 0.4) is 0 Å². The Kier molecular flexibility index (Phi) is 6.09. The number of nitrogens with one attached hydrogen (secondary N) is 2. The molecule has 1 aromatic heterocycles. The van der Waals surface area contributed by atoms with Gasteiger partial charge in [-0.3, -0.25) is 4.79 Å². The van der Waals surface area contributed by atoms with E-state index >= 15 is 0 Å². The van der Waals surface area contributed by atoms with Crippen molar-refractivity contribution in [3.8, 4) is 5.69 Å². The Morgan fingerprint density at radius 3 is 2.73 bits per heavy atom. The van der Waals surface area contributed by atoms with E-state index in [4.69, 9.17) is 0 Å². The van der Waals surface area contributed by atoms with Crippen molar-refractivity contribution in [3.05, 3.63) is 47.3 Å². The second-order valence-corrected chi connectivity index (χ2v) is 7.51. The fourth-order valence-electron chi connectivity index (χ4n) is 3.88. The van der Waals surface area contributed by atoms with E-state index in [0.717, 1.165) is 35.7 Å². The summed E-state index contributed by atoms with van der Waals surface area (Å²) >= 11 is 0. The zero-order valence-electron chi connectivity index (χ0n) is 16.1. The number of nitrogens with zero attached hydrogens (tertiary/aromatic N) is 2. The lowest BCUT2D eigenvalue weighted by Crippen LogP contribution is -2.33. The van der Waals surface area contributed by atoms with Gasteiger partial charge in [-0.25, -0.2) is 4.68 Å². The lowest BCUT2D eigenvalue weighted by Gasteiger charge is -2.27. The molecule has 2 aromatic rings. The number of amides is 1. The van der Waals surface area contributed by atoms with Gasteiger partial charge in [0.05, 0.1) is 11.4 Å². The highest BCUT2D eigenvalue weighted by Gasteiger charge is 2.22. The van der Waals surface area contributed by atoms with Gasteiger partial charge in [0.2, 0.25) is 5.91 Å². The highest BCUT2D eigenvalue weighted by Crippen LogP contribution is 2.24. The summed E-state index contributed by atoms with van der Waals surface area (Å²) < 4.78 is 1.95. The fraction of sp³-hybridized carbons (Fsp3) is 0.524. The number of aryl methyl sites for hydroxylation is 2. The monoisotopic (exact) mass is 354 g/mol. The van der Waals surface area contributed by atoms with Gasteiger partial charge in [0.15, 0.2) is 0 Å².